The van der Waals surface area contributed by atoms with Gasteiger partial charge in [0.05, 0.1) is 43.3 Å². The Morgan fingerprint density at radius 2 is 1.51 bits per heavy atom. The predicted octanol–water partition coefficient (Wildman–Crippen LogP) is 1.69. The van der Waals surface area contributed by atoms with E-state index >= 15 is 0 Å². The molecular weight excluding hydrogens is 454 g/mol. The molecule has 13 heteroatoms. The Morgan fingerprint density at radius 3 is 2.09 bits per heavy atom. The smallest absolute Gasteiger partial charge is 0.269 e. The summed E-state index contributed by atoms with van der Waals surface area (Å²) < 4.78 is 12.8. The maximum Gasteiger partial charge on any atom is 0.269 e. The Balaban J connectivity index is 1.36. The molecule has 0 radical (unpaired) electrons. The highest BCUT2D eigenvalue weighted by molar-refractivity contribution is 5.79. The van der Waals surface area contributed by atoms with Gasteiger partial charge in [-0.3, -0.25) is 10.1 Å². The van der Waals surface area contributed by atoms with Crippen LogP contribution in [-0.2, 0) is 9.47 Å². The lowest BCUT2D eigenvalue weighted by molar-refractivity contribution is -0.384. The number of benzene rings is 1. The second-order valence-electron chi connectivity index (χ2n) is 7.90. The van der Waals surface area contributed by atoms with E-state index in [1.807, 2.05) is 22.9 Å². The number of hydrogen-bond donors (Lipinski definition) is 1. The van der Waals surface area contributed by atoms with Gasteiger partial charge in [0, 0.05) is 50.2 Å². The molecule has 182 valence electrons. The third-order valence-electron chi connectivity index (χ3n) is 5.68. The minimum atomic E-state index is -0.420. The number of nitrogens with zero attached hydrogens (tertiary/aromatic N) is 8. The highest BCUT2D eigenvalue weighted by atomic mass is 16.6. The lowest BCUT2D eigenvalue weighted by atomic mass is 10.3. The van der Waals surface area contributed by atoms with Gasteiger partial charge >= 0.3 is 0 Å². The van der Waals surface area contributed by atoms with Gasteiger partial charge in [-0.15, -0.1) is 0 Å². The van der Waals surface area contributed by atoms with E-state index in [0.29, 0.717) is 70.5 Å². The van der Waals surface area contributed by atoms with Crippen LogP contribution in [0.3, 0.4) is 0 Å². The van der Waals surface area contributed by atoms with E-state index < -0.39 is 4.92 Å². The largest absolute Gasteiger partial charge is 0.378 e. The lowest BCUT2D eigenvalue weighted by Gasteiger charge is -2.30. The summed E-state index contributed by atoms with van der Waals surface area (Å²) in [5.74, 6) is 1.50. The number of aromatic nitrogens is 4. The molecule has 2 aromatic heterocycles. The van der Waals surface area contributed by atoms with Crippen LogP contribution < -0.4 is 15.2 Å². The summed E-state index contributed by atoms with van der Waals surface area (Å²) in [7, 11) is 0. The summed E-state index contributed by atoms with van der Waals surface area (Å²) >= 11 is 0. The van der Waals surface area contributed by atoms with Crippen molar-refractivity contribution in [1.82, 2.24) is 19.5 Å². The van der Waals surface area contributed by atoms with Crippen LogP contribution in [0.2, 0.25) is 0 Å². The third kappa shape index (κ3) is 5.36. The van der Waals surface area contributed by atoms with Crippen molar-refractivity contribution in [3.05, 3.63) is 58.4 Å². The highest BCUT2D eigenvalue weighted by Crippen LogP contribution is 2.19. The fourth-order valence-electron chi connectivity index (χ4n) is 3.84. The van der Waals surface area contributed by atoms with Gasteiger partial charge in [-0.25, -0.2) is 5.43 Å². The zero-order valence-electron chi connectivity index (χ0n) is 19.0. The van der Waals surface area contributed by atoms with Crippen molar-refractivity contribution >= 4 is 29.7 Å². The number of non-ortho nitro benzene ring substituents is 1. The van der Waals surface area contributed by atoms with Gasteiger partial charge in [-0.2, -0.15) is 20.1 Å². The fourth-order valence-corrected chi connectivity index (χ4v) is 3.84. The first kappa shape index (κ1) is 22.7. The van der Waals surface area contributed by atoms with Crippen LogP contribution in [0.1, 0.15) is 5.69 Å². The van der Waals surface area contributed by atoms with E-state index in [1.165, 1.54) is 12.1 Å². The fraction of sp³-hybridized carbons (Fsp3) is 0.364. The van der Waals surface area contributed by atoms with Crippen molar-refractivity contribution in [2.24, 2.45) is 5.10 Å². The second-order valence-corrected chi connectivity index (χ2v) is 7.90. The Labute approximate surface area is 201 Å². The molecule has 0 amide bonds. The van der Waals surface area contributed by atoms with Crippen LogP contribution in [0.5, 0.6) is 0 Å². The molecule has 1 N–H and O–H groups in total. The normalized spacial score (nSPS) is 16.6. The molecule has 2 fully saturated rings. The Bertz CT molecular complexity index is 1150. The number of nitro groups is 1. The number of rotatable bonds is 7. The van der Waals surface area contributed by atoms with Crippen LogP contribution in [0.15, 0.2) is 47.7 Å². The van der Waals surface area contributed by atoms with Crippen molar-refractivity contribution in [2.45, 2.75) is 0 Å². The SMILES string of the molecule is O=[N+]([O-])c1ccc(-n2cccc2/C=N\Nc2nc(N3CCOCC3)nc(N3CCOCC3)n2)cc1. The number of morpholine rings is 2. The predicted molar refractivity (Wildman–Crippen MR) is 130 cm³/mol. The minimum absolute atomic E-state index is 0.0415. The van der Waals surface area contributed by atoms with E-state index in [4.69, 9.17) is 9.47 Å². The zero-order valence-corrected chi connectivity index (χ0v) is 19.0. The van der Waals surface area contributed by atoms with E-state index in [-0.39, 0.29) is 5.69 Å². The minimum Gasteiger partial charge on any atom is -0.378 e. The second kappa shape index (κ2) is 10.4. The molecular formula is C22H25N9O4. The molecule has 0 spiro atoms. The number of hydrazone groups is 1. The molecule has 0 bridgehead atoms. The quantitative estimate of drug-likeness (QED) is 0.303. The molecule has 0 unspecified atom stereocenters. The molecule has 3 aromatic rings. The molecule has 1 aromatic carbocycles. The van der Waals surface area contributed by atoms with Crippen LogP contribution >= 0.6 is 0 Å². The molecule has 2 aliphatic heterocycles. The van der Waals surface area contributed by atoms with Gasteiger partial charge in [0.1, 0.15) is 0 Å². The Hall–Kier alpha value is -4.10. The van der Waals surface area contributed by atoms with Crippen LogP contribution in [-0.4, -0.2) is 83.3 Å². The molecule has 35 heavy (non-hydrogen) atoms. The summed E-state index contributed by atoms with van der Waals surface area (Å²) in [6.45, 7) is 5.32. The summed E-state index contributed by atoms with van der Waals surface area (Å²) in [5, 5.41) is 15.3. The molecule has 5 rings (SSSR count). The standard InChI is InChI=1S/C22H25N9O4/c32-31(33)18-5-3-17(4-6-18)30-7-1-2-19(30)16-23-27-20-24-21(28-8-12-34-13-9-28)26-22(25-20)29-10-14-35-15-11-29/h1-7,16H,8-15H2,(H,24,25,26,27)/b23-16-. The summed E-state index contributed by atoms with van der Waals surface area (Å²) in [5.41, 5.74) is 4.54. The first-order valence-corrected chi connectivity index (χ1v) is 11.3. The van der Waals surface area contributed by atoms with Gasteiger partial charge in [-0.05, 0) is 24.3 Å². The van der Waals surface area contributed by atoms with Crippen LogP contribution in [0.4, 0.5) is 23.5 Å². The maximum atomic E-state index is 10.9. The Kier molecular flexibility index (Phi) is 6.77. The number of hydrogen-bond acceptors (Lipinski definition) is 11. The van der Waals surface area contributed by atoms with Crippen molar-refractivity contribution in [1.29, 1.82) is 0 Å². The van der Waals surface area contributed by atoms with Gasteiger partial charge in [0.25, 0.3) is 5.69 Å². The molecule has 4 heterocycles. The van der Waals surface area contributed by atoms with E-state index in [2.05, 4.69) is 35.3 Å². The maximum absolute atomic E-state index is 10.9. The molecule has 2 saturated heterocycles. The van der Waals surface area contributed by atoms with Gasteiger partial charge < -0.3 is 23.8 Å². The summed E-state index contributed by atoms with van der Waals surface area (Å²) in [6.07, 6.45) is 3.51. The summed E-state index contributed by atoms with van der Waals surface area (Å²) in [4.78, 5) is 28.5. The first-order chi connectivity index (χ1) is 17.2. The van der Waals surface area contributed by atoms with E-state index in [9.17, 15) is 10.1 Å². The average Bonchev–Trinajstić information content (AvgIpc) is 3.38. The van der Waals surface area contributed by atoms with E-state index in [1.54, 1.807) is 18.3 Å². The third-order valence-corrected chi connectivity index (χ3v) is 5.68. The van der Waals surface area contributed by atoms with Gasteiger partial charge in [0.15, 0.2) is 0 Å². The van der Waals surface area contributed by atoms with Crippen molar-refractivity contribution in [2.75, 3.05) is 67.8 Å². The molecule has 2 aliphatic rings. The molecule has 0 aliphatic carbocycles. The topological polar surface area (TPSA) is 136 Å². The highest BCUT2D eigenvalue weighted by Gasteiger charge is 2.20. The number of nitro benzene ring substituents is 1. The van der Waals surface area contributed by atoms with Crippen molar-refractivity contribution in [3.63, 3.8) is 0 Å². The van der Waals surface area contributed by atoms with Crippen molar-refractivity contribution < 1.29 is 14.4 Å². The lowest BCUT2D eigenvalue weighted by Crippen LogP contribution is -2.40. The molecule has 13 nitrogen and oxygen atoms in total. The van der Waals surface area contributed by atoms with Crippen LogP contribution in [0, 0.1) is 10.1 Å². The monoisotopic (exact) mass is 479 g/mol. The average molecular weight is 480 g/mol. The van der Waals surface area contributed by atoms with Crippen LogP contribution in [0.25, 0.3) is 5.69 Å². The van der Waals surface area contributed by atoms with Gasteiger partial charge in [0.2, 0.25) is 17.8 Å². The number of ether oxygens (including phenoxy) is 2. The molecule has 0 atom stereocenters. The number of anilines is 3. The zero-order chi connectivity index (χ0) is 24.0. The Morgan fingerprint density at radius 1 is 0.914 bits per heavy atom. The summed E-state index contributed by atoms with van der Waals surface area (Å²) in [6, 6.07) is 10.1. The van der Waals surface area contributed by atoms with Crippen molar-refractivity contribution in [3.8, 4) is 5.69 Å². The number of nitrogens with one attached hydrogen (secondary N) is 1. The first-order valence-electron chi connectivity index (χ1n) is 11.3. The van der Waals surface area contributed by atoms with Gasteiger partial charge in [-0.1, -0.05) is 0 Å². The molecule has 0 saturated carbocycles. The van der Waals surface area contributed by atoms with E-state index in [0.717, 1.165) is 11.4 Å².